The summed E-state index contributed by atoms with van der Waals surface area (Å²) >= 11 is 0. The van der Waals surface area contributed by atoms with Crippen molar-refractivity contribution in [3.05, 3.63) is 41.7 Å². The Kier molecular flexibility index (Phi) is 2.82. The molecule has 2 rings (SSSR count). The highest BCUT2D eigenvalue weighted by molar-refractivity contribution is 5.80. The van der Waals surface area contributed by atoms with Gasteiger partial charge in [0.1, 0.15) is 18.0 Å². The van der Waals surface area contributed by atoms with Crippen LogP contribution < -0.4 is 5.73 Å². The van der Waals surface area contributed by atoms with Crippen LogP contribution in [-0.2, 0) is 6.42 Å². The lowest BCUT2D eigenvalue weighted by Gasteiger charge is -2.02. The van der Waals surface area contributed by atoms with E-state index in [9.17, 15) is 13.6 Å². The first-order chi connectivity index (χ1) is 8.06. The number of aromatic nitrogens is 3. The van der Waals surface area contributed by atoms with Gasteiger partial charge in [0.25, 0.3) is 5.91 Å². The van der Waals surface area contributed by atoms with Crippen molar-refractivity contribution in [1.82, 2.24) is 14.8 Å². The lowest BCUT2D eigenvalue weighted by Crippen LogP contribution is -2.15. The molecule has 1 aromatic carbocycles. The quantitative estimate of drug-likeness (QED) is 0.847. The highest BCUT2D eigenvalue weighted by Crippen LogP contribution is 2.10. The van der Waals surface area contributed by atoms with E-state index in [1.807, 2.05) is 0 Å². The molecular weight excluding hydrogens is 230 g/mol. The molecule has 0 bridgehead atoms. The summed E-state index contributed by atoms with van der Waals surface area (Å²) in [6.45, 7) is 0. The molecule has 0 saturated heterocycles. The van der Waals surface area contributed by atoms with E-state index in [1.54, 1.807) is 0 Å². The zero-order valence-electron chi connectivity index (χ0n) is 8.60. The van der Waals surface area contributed by atoms with Crippen molar-refractivity contribution in [3.8, 4) is 0 Å². The average molecular weight is 238 g/mol. The Bertz CT molecular complexity index is 567. The first-order valence-electron chi connectivity index (χ1n) is 4.70. The van der Waals surface area contributed by atoms with Crippen LogP contribution in [0.1, 0.15) is 10.4 Å². The van der Waals surface area contributed by atoms with Crippen LogP contribution in [0.5, 0.6) is 0 Å². The second-order valence-electron chi connectivity index (χ2n) is 3.35. The summed E-state index contributed by atoms with van der Waals surface area (Å²) in [7, 11) is 0. The summed E-state index contributed by atoms with van der Waals surface area (Å²) < 4.78 is 26.8. The number of anilines is 1. The van der Waals surface area contributed by atoms with Crippen LogP contribution in [0.2, 0.25) is 0 Å². The second kappa shape index (κ2) is 4.28. The van der Waals surface area contributed by atoms with Crippen LogP contribution in [0.3, 0.4) is 0 Å². The number of rotatable bonds is 2. The van der Waals surface area contributed by atoms with Crippen molar-refractivity contribution in [1.29, 1.82) is 0 Å². The predicted octanol–water partition coefficient (Wildman–Crippen LogP) is 1.02. The van der Waals surface area contributed by atoms with Gasteiger partial charge in [0.15, 0.2) is 0 Å². The summed E-state index contributed by atoms with van der Waals surface area (Å²) in [5, 5.41) is 3.59. The van der Waals surface area contributed by atoms with E-state index in [2.05, 4.69) is 10.1 Å². The third kappa shape index (κ3) is 2.44. The molecule has 0 aliphatic heterocycles. The van der Waals surface area contributed by atoms with Crippen molar-refractivity contribution < 1.29 is 13.6 Å². The van der Waals surface area contributed by atoms with E-state index in [0.717, 1.165) is 23.1 Å². The van der Waals surface area contributed by atoms with Crippen LogP contribution in [0, 0.1) is 11.6 Å². The van der Waals surface area contributed by atoms with Crippen molar-refractivity contribution >= 4 is 11.9 Å². The molecule has 88 valence electrons. The van der Waals surface area contributed by atoms with Crippen LogP contribution >= 0.6 is 0 Å². The number of nitrogens with zero attached hydrogens (tertiary/aromatic N) is 3. The van der Waals surface area contributed by atoms with Gasteiger partial charge in [0, 0.05) is 6.07 Å². The standard InChI is InChI=1S/C10H8F2N4O/c11-7-2-1-6(8(12)4-7)3-9(17)16-5-14-10(13)15-16/h1-2,4-5H,3H2,(H2,13,15). The molecule has 5 nitrogen and oxygen atoms in total. The molecule has 1 aromatic heterocycles. The van der Waals surface area contributed by atoms with E-state index in [-0.39, 0.29) is 17.9 Å². The fourth-order valence-electron chi connectivity index (χ4n) is 1.30. The van der Waals surface area contributed by atoms with Crippen molar-refractivity contribution in [2.75, 3.05) is 5.73 Å². The number of carbonyl (C=O) groups is 1. The lowest BCUT2D eigenvalue weighted by atomic mass is 10.1. The van der Waals surface area contributed by atoms with Crippen LogP contribution in [-0.4, -0.2) is 20.7 Å². The van der Waals surface area contributed by atoms with Crippen molar-refractivity contribution in [2.24, 2.45) is 0 Å². The molecule has 0 amide bonds. The number of hydrogen-bond acceptors (Lipinski definition) is 4. The summed E-state index contributed by atoms with van der Waals surface area (Å²) in [6, 6.07) is 3.02. The molecule has 0 unspecified atom stereocenters. The van der Waals surface area contributed by atoms with E-state index in [1.165, 1.54) is 6.07 Å². The maximum absolute atomic E-state index is 13.3. The average Bonchev–Trinajstić information content (AvgIpc) is 2.69. The van der Waals surface area contributed by atoms with Gasteiger partial charge in [-0.2, -0.15) is 4.68 Å². The summed E-state index contributed by atoms with van der Waals surface area (Å²) in [5.41, 5.74) is 5.33. The van der Waals surface area contributed by atoms with Crippen molar-refractivity contribution in [3.63, 3.8) is 0 Å². The van der Waals surface area contributed by atoms with Crippen LogP contribution in [0.25, 0.3) is 0 Å². The van der Waals surface area contributed by atoms with Gasteiger partial charge in [-0.1, -0.05) is 6.07 Å². The molecule has 1 heterocycles. The first kappa shape index (κ1) is 11.2. The smallest absolute Gasteiger partial charge is 0.252 e. The van der Waals surface area contributed by atoms with E-state index >= 15 is 0 Å². The fourth-order valence-corrected chi connectivity index (χ4v) is 1.30. The summed E-state index contributed by atoms with van der Waals surface area (Å²) in [6.07, 6.45) is 0.897. The highest BCUT2D eigenvalue weighted by Gasteiger charge is 2.12. The number of halogens is 2. The van der Waals surface area contributed by atoms with Gasteiger partial charge >= 0.3 is 0 Å². The Morgan fingerprint density at radius 3 is 2.76 bits per heavy atom. The van der Waals surface area contributed by atoms with E-state index in [0.29, 0.717) is 0 Å². The summed E-state index contributed by atoms with van der Waals surface area (Å²) in [4.78, 5) is 15.2. The van der Waals surface area contributed by atoms with E-state index in [4.69, 9.17) is 5.73 Å². The largest absolute Gasteiger partial charge is 0.366 e. The van der Waals surface area contributed by atoms with Gasteiger partial charge in [-0.25, -0.2) is 13.8 Å². The Morgan fingerprint density at radius 2 is 2.18 bits per heavy atom. The van der Waals surface area contributed by atoms with Gasteiger partial charge in [-0.05, 0) is 11.6 Å². The number of carbonyl (C=O) groups excluding carboxylic acids is 1. The molecule has 0 atom stereocenters. The molecule has 0 fully saturated rings. The molecule has 17 heavy (non-hydrogen) atoms. The SMILES string of the molecule is Nc1ncn(C(=O)Cc2ccc(F)cc2F)n1. The lowest BCUT2D eigenvalue weighted by molar-refractivity contribution is 0.0897. The maximum Gasteiger partial charge on any atom is 0.252 e. The zero-order chi connectivity index (χ0) is 12.4. The van der Waals surface area contributed by atoms with E-state index < -0.39 is 17.5 Å². The normalized spacial score (nSPS) is 10.5. The van der Waals surface area contributed by atoms with Crippen molar-refractivity contribution in [2.45, 2.75) is 6.42 Å². The molecule has 0 saturated carbocycles. The van der Waals surface area contributed by atoms with Gasteiger partial charge in [0.2, 0.25) is 5.95 Å². The molecule has 7 heteroatoms. The summed E-state index contributed by atoms with van der Waals surface area (Å²) in [5.74, 6) is -2.01. The molecule has 2 aromatic rings. The van der Waals surface area contributed by atoms with Gasteiger partial charge in [-0.15, -0.1) is 5.10 Å². The van der Waals surface area contributed by atoms with Crippen LogP contribution in [0.15, 0.2) is 24.5 Å². The predicted molar refractivity (Wildman–Crippen MR) is 55.1 cm³/mol. The fraction of sp³-hybridized carbons (Fsp3) is 0.100. The Hall–Kier alpha value is -2.31. The Balaban J connectivity index is 2.18. The Morgan fingerprint density at radius 1 is 1.41 bits per heavy atom. The molecular formula is C10H8F2N4O. The van der Waals surface area contributed by atoms with Gasteiger partial charge in [-0.3, -0.25) is 4.79 Å². The maximum atomic E-state index is 13.3. The molecule has 0 aliphatic rings. The van der Waals surface area contributed by atoms with Crippen LogP contribution in [0.4, 0.5) is 14.7 Å². The molecule has 0 aliphatic carbocycles. The third-order valence-corrected chi connectivity index (χ3v) is 2.12. The first-order valence-corrected chi connectivity index (χ1v) is 4.70. The Labute approximate surface area is 94.9 Å². The molecule has 0 radical (unpaired) electrons. The minimum absolute atomic E-state index is 0.0436. The minimum atomic E-state index is -0.772. The highest BCUT2D eigenvalue weighted by atomic mass is 19.1. The monoisotopic (exact) mass is 238 g/mol. The number of nitrogens with two attached hydrogens (primary N) is 1. The second-order valence-corrected chi connectivity index (χ2v) is 3.35. The number of hydrogen-bond donors (Lipinski definition) is 1. The number of benzene rings is 1. The zero-order valence-corrected chi connectivity index (χ0v) is 8.60. The topological polar surface area (TPSA) is 73.8 Å². The van der Waals surface area contributed by atoms with Gasteiger partial charge < -0.3 is 5.73 Å². The molecule has 2 N–H and O–H groups in total. The van der Waals surface area contributed by atoms with Gasteiger partial charge in [0.05, 0.1) is 6.42 Å². The molecule has 0 spiro atoms. The minimum Gasteiger partial charge on any atom is -0.366 e. The number of nitrogen functional groups attached to an aromatic ring is 1. The third-order valence-electron chi connectivity index (χ3n) is 2.12.